The quantitative estimate of drug-likeness (QED) is 0.176. The molecule has 1 aliphatic rings. The van der Waals surface area contributed by atoms with Gasteiger partial charge in [0.25, 0.3) is 10.0 Å². The van der Waals surface area contributed by atoms with Crippen molar-refractivity contribution in [1.82, 2.24) is 10.2 Å². The number of nitrogens with zero attached hydrogens (tertiary/aromatic N) is 2. The third-order valence-electron chi connectivity index (χ3n) is 8.25. The molecule has 0 unspecified atom stereocenters. The Morgan fingerprint density at radius 2 is 1.50 bits per heavy atom. The summed E-state index contributed by atoms with van der Waals surface area (Å²) >= 11 is 3.45. The van der Waals surface area contributed by atoms with E-state index in [9.17, 15) is 18.0 Å². The molecule has 1 N–H and O–H groups in total. The largest absolute Gasteiger partial charge is 0.352 e. The van der Waals surface area contributed by atoms with Crippen molar-refractivity contribution >= 4 is 43.5 Å². The van der Waals surface area contributed by atoms with Crippen LogP contribution in [0.15, 0.2) is 112 Å². The van der Waals surface area contributed by atoms with E-state index >= 15 is 4.39 Å². The van der Waals surface area contributed by atoms with E-state index in [1.807, 2.05) is 61.5 Å². The van der Waals surface area contributed by atoms with Crippen molar-refractivity contribution in [2.75, 3.05) is 10.8 Å². The molecule has 1 atom stereocenters. The molecule has 0 heterocycles. The topological polar surface area (TPSA) is 86.8 Å². The van der Waals surface area contributed by atoms with Crippen LogP contribution in [0.4, 0.5) is 10.1 Å². The summed E-state index contributed by atoms with van der Waals surface area (Å²) in [5.74, 6) is -1.73. The number of amides is 2. The summed E-state index contributed by atoms with van der Waals surface area (Å²) in [5, 5.41) is 3.15. The highest BCUT2D eigenvalue weighted by Crippen LogP contribution is 2.28. The van der Waals surface area contributed by atoms with Gasteiger partial charge < -0.3 is 10.2 Å². The fourth-order valence-corrected chi connectivity index (χ4v) is 7.40. The molecule has 2 amide bonds. The lowest BCUT2D eigenvalue weighted by Gasteiger charge is -2.34. The van der Waals surface area contributed by atoms with Crippen molar-refractivity contribution in [1.29, 1.82) is 0 Å². The third kappa shape index (κ3) is 8.22. The van der Waals surface area contributed by atoms with Gasteiger partial charge in [-0.05, 0) is 67.3 Å². The Balaban J connectivity index is 1.57. The smallest absolute Gasteiger partial charge is 0.264 e. The number of sulfonamides is 1. The van der Waals surface area contributed by atoms with Gasteiger partial charge in [-0.25, -0.2) is 12.8 Å². The van der Waals surface area contributed by atoms with Crippen LogP contribution in [0.2, 0.25) is 0 Å². The molecule has 7 nitrogen and oxygen atoms in total. The van der Waals surface area contributed by atoms with E-state index < -0.39 is 34.3 Å². The van der Waals surface area contributed by atoms with Gasteiger partial charge in [0.2, 0.25) is 11.8 Å². The molecule has 1 fully saturated rings. The molecule has 0 radical (unpaired) electrons. The van der Waals surface area contributed by atoms with Crippen molar-refractivity contribution in [3.63, 3.8) is 0 Å². The van der Waals surface area contributed by atoms with Crippen LogP contribution in [0.25, 0.3) is 0 Å². The summed E-state index contributed by atoms with van der Waals surface area (Å²) in [7, 11) is -4.38. The Kier molecular flexibility index (Phi) is 10.9. The number of carbonyl (C=O) groups excluding carboxylic acids is 2. The first-order chi connectivity index (χ1) is 22.1. The van der Waals surface area contributed by atoms with Gasteiger partial charge >= 0.3 is 0 Å². The number of carbonyl (C=O) groups is 2. The zero-order valence-corrected chi connectivity index (χ0v) is 28.0. The molecule has 4 aromatic rings. The van der Waals surface area contributed by atoms with Crippen LogP contribution in [-0.2, 0) is 32.6 Å². The minimum Gasteiger partial charge on any atom is -0.352 e. The van der Waals surface area contributed by atoms with Crippen LogP contribution in [0.5, 0.6) is 0 Å². The first kappa shape index (κ1) is 33.3. The maximum Gasteiger partial charge on any atom is 0.264 e. The van der Waals surface area contributed by atoms with Crippen molar-refractivity contribution in [3.05, 3.63) is 130 Å². The van der Waals surface area contributed by atoms with Gasteiger partial charge in [-0.1, -0.05) is 101 Å². The number of nitrogens with one attached hydrogen (secondary N) is 1. The highest BCUT2D eigenvalue weighted by Gasteiger charge is 2.36. The average molecular weight is 707 g/mol. The van der Waals surface area contributed by atoms with Gasteiger partial charge in [0.05, 0.1) is 10.6 Å². The van der Waals surface area contributed by atoms with Gasteiger partial charge in [-0.3, -0.25) is 13.9 Å². The van der Waals surface area contributed by atoms with Gasteiger partial charge in [-0.15, -0.1) is 0 Å². The minimum atomic E-state index is -4.38. The van der Waals surface area contributed by atoms with E-state index in [4.69, 9.17) is 0 Å². The number of anilines is 1. The fraction of sp³-hybridized carbons (Fsp3) is 0.278. The van der Waals surface area contributed by atoms with Gasteiger partial charge in [-0.2, -0.15) is 0 Å². The predicted molar refractivity (Wildman–Crippen MR) is 181 cm³/mol. The van der Waals surface area contributed by atoms with Gasteiger partial charge in [0.1, 0.15) is 18.4 Å². The standard InChI is InChI=1S/C36H37BrFN3O4S/c1-26-15-21-31(22-16-26)46(44,45)41(33-14-8-7-13-32(33)38)25-35(42)40(24-28-17-19-29(37)20-18-28)34(23-27-9-3-2-4-10-27)36(43)39-30-11-5-6-12-30/h2-4,7-10,13-22,30,34H,5-6,11-12,23-25H2,1H3,(H,39,43)/t34-/m0/s1. The van der Waals surface area contributed by atoms with Crippen LogP contribution in [0.1, 0.15) is 42.4 Å². The molecule has 46 heavy (non-hydrogen) atoms. The van der Waals surface area contributed by atoms with E-state index in [1.54, 1.807) is 12.1 Å². The molecule has 0 spiro atoms. The van der Waals surface area contributed by atoms with Crippen LogP contribution in [0.3, 0.4) is 0 Å². The zero-order valence-electron chi connectivity index (χ0n) is 25.6. The Morgan fingerprint density at radius 1 is 0.870 bits per heavy atom. The molecule has 1 aliphatic carbocycles. The Hall–Kier alpha value is -4.02. The van der Waals surface area contributed by atoms with E-state index in [2.05, 4.69) is 21.2 Å². The molecule has 5 rings (SSSR count). The highest BCUT2D eigenvalue weighted by atomic mass is 79.9. The molecule has 0 aromatic heterocycles. The lowest BCUT2D eigenvalue weighted by Crippen LogP contribution is -2.54. The van der Waals surface area contributed by atoms with Crippen molar-refractivity contribution < 1.29 is 22.4 Å². The predicted octanol–water partition coefficient (Wildman–Crippen LogP) is 6.79. The molecule has 4 aromatic carbocycles. The SMILES string of the molecule is Cc1ccc(S(=O)(=O)N(CC(=O)N(Cc2ccc(Br)cc2)[C@@H](Cc2ccccc2)C(=O)NC2CCCC2)c2ccccc2F)cc1. The molecule has 0 aliphatic heterocycles. The molecule has 0 saturated heterocycles. The summed E-state index contributed by atoms with van der Waals surface area (Å²) in [6, 6.07) is 27.5. The number of rotatable bonds is 12. The monoisotopic (exact) mass is 705 g/mol. The lowest BCUT2D eigenvalue weighted by atomic mass is 10.0. The van der Waals surface area contributed by atoms with Gasteiger partial charge in [0, 0.05) is 23.5 Å². The zero-order chi connectivity index (χ0) is 32.7. The van der Waals surface area contributed by atoms with E-state index in [0.717, 1.165) is 57.2 Å². The Bertz CT molecular complexity index is 1750. The van der Waals surface area contributed by atoms with Crippen LogP contribution in [0, 0.1) is 12.7 Å². The Labute approximate surface area is 278 Å². The van der Waals surface area contributed by atoms with Crippen LogP contribution < -0.4 is 9.62 Å². The summed E-state index contributed by atoms with van der Waals surface area (Å²) in [4.78, 5) is 29.9. The first-order valence-electron chi connectivity index (χ1n) is 15.3. The summed E-state index contributed by atoms with van der Waals surface area (Å²) in [6.45, 7) is 1.16. The highest BCUT2D eigenvalue weighted by molar-refractivity contribution is 9.10. The second kappa shape index (κ2) is 15.0. The van der Waals surface area contributed by atoms with E-state index in [-0.39, 0.29) is 35.5 Å². The van der Waals surface area contributed by atoms with Crippen molar-refractivity contribution in [3.8, 4) is 0 Å². The Morgan fingerprint density at radius 3 is 2.15 bits per heavy atom. The number of halogens is 2. The van der Waals surface area contributed by atoms with Crippen molar-refractivity contribution in [2.45, 2.75) is 62.6 Å². The maximum absolute atomic E-state index is 15.3. The molecule has 1 saturated carbocycles. The number of hydrogen-bond donors (Lipinski definition) is 1. The van der Waals surface area contributed by atoms with Crippen molar-refractivity contribution in [2.24, 2.45) is 0 Å². The van der Waals surface area contributed by atoms with Crippen LogP contribution in [-0.4, -0.2) is 43.8 Å². The molecule has 10 heteroatoms. The number of benzene rings is 4. The molecule has 0 bridgehead atoms. The normalized spacial score (nSPS) is 14.1. The molecular formula is C36H37BrFN3O4S. The summed E-state index contributed by atoms with van der Waals surface area (Å²) in [6.07, 6.45) is 3.97. The fourth-order valence-electron chi connectivity index (χ4n) is 5.71. The average Bonchev–Trinajstić information content (AvgIpc) is 3.56. The maximum atomic E-state index is 15.3. The minimum absolute atomic E-state index is 0.00670. The first-order valence-corrected chi connectivity index (χ1v) is 17.6. The number of para-hydroxylation sites is 1. The van der Waals surface area contributed by atoms with Crippen LogP contribution >= 0.6 is 15.9 Å². The van der Waals surface area contributed by atoms with E-state index in [1.165, 1.54) is 35.2 Å². The van der Waals surface area contributed by atoms with Gasteiger partial charge in [0.15, 0.2) is 0 Å². The molecular weight excluding hydrogens is 669 g/mol. The number of aryl methyl sites for hydroxylation is 1. The summed E-state index contributed by atoms with van der Waals surface area (Å²) < 4.78 is 45.1. The second-order valence-electron chi connectivity index (χ2n) is 11.6. The third-order valence-corrected chi connectivity index (χ3v) is 10.6. The van der Waals surface area contributed by atoms with E-state index in [0.29, 0.717) is 0 Å². The molecule has 240 valence electrons. The second-order valence-corrected chi connectivity index (χ2v) is 14.4. The number of hydrogen-bond acceptors (Lipinski definition) is 4. The summed E-state index contributed by atoms with van der Waals surface area (Å²) in [5.41, 5.74) is 2.20. The lowest BCUT2D eigenvalue weighted by molar-refractivity contribution is -0.140.